The molecule has 3 heteroatoms. The molecule has 2 unspecified atom stereocenters. The summed E-state index contributed by atoms with van der Waals surface area (Å²) < 4.78 is 10.7. The summed E-state index contributed by atoms with van der Waals surface area (Å²) in [5.41, 5.74) is 7.16. The van der Waals surface area contributed by atoms with Crippen molar-refractivity contribution in [3.63, 3.8) is 0 Å². The van der Waals surface area contributed by atoms with Crippen molar-refractivity contribution in [2.75, 3.05) is 13.7 Å². The van der Waals surface area contributed by atoms with Crippen LogP contribution in [0.3, 0.4) is 0 Å². The third-order valence-corrected chi connectivity index (χ3v) is 2.51. The first-order valence-corrected chi connectivity index (χ1v) is 4.80. The molecule has 14 heavy (non-hydrogen) atoms. The van der Waals surface area contributed by atoms with Gasteiger partial charge >= 0.3 is 0 Å². The lowest BCUT2D eigenvalue weighted by Gasteiger charge is -2.17. The van der Waals surface area contributed by atoms with Gasteiger partial charge in [-0.1, -0.05) is 18.2 Å². The second-order valence-electron chi connectivity index (χ2n) is 3.59. The van der Waals surface area contributed by atoms with Gasteiger partial charge in [0.2, 0.25) is 0 Å². The maximum absolute atomic E-state index is 5.92. The number of ether oxygens (including phenoxy) is 2. The number of benzene rings is 1. The fraction of sp³-hybridized carbons (Fsp3) is 0.455. The molecule has 0 saturated carbocycles. The van der Waals surface area contributed by atoms with Gasteiger partial charge in [-0.3, -0.25) is 0 Å². The number of fused-ring (bicyclic) bond motifs is 1. The number of para-hydroxylation sites is 1. The number of methoxy groups -OCH3 is 1. The van der Waals surface area contributed by atoms with E-state index in [1.165, 1.54) is 5.56 Å². The Morgan fingerprint density at radius 3 is 3.07 bits per heavy atom. The summed E-state index contributed by atoms with van der Waals surface area (Å²) in [5, 5.41) is 0. The van der Waals surface area contributed by atoms with E-state index in [2.05, 4.69) is 6.07 Å². The molecule has 1 heterocycles. The van der Waals surface area contributed by atoms with Crippen LogP contribution in [0.15, 0.2) is 24.3 Å². The summed E-state index contributed by atoms with van der Waals surface area (Å²) in [6.45, 7) is 0.540. The summed E-state index contributed by atoms with van der Waals surface area (Å²) in [7, 11) is 1.65. The third kappa shape index (κ3) is 1.74. The lowest BCUT2D eigenvalue weighted by atomic mass is 10.1. The lowest BCUT2D eigenvalue weighted by Crippen LogP contribution is -2.41. The number of rotatable bonds is 3. The SMILES string of the molecule is COCC(N)C1Cc2ccccc2O1. The van der Waals surface area contributed by atoms with Gasteiger partial charge in [0.05, 0.1) is 12.6 Å². The van der Waals surface area contributed by atoms with E-state index in [1.54, 1.807) is 7.11 Å². The van der Waals surface area contributed by atoms with Crippen LogP contribution < -0.4 is 10.5 Å². The van der Waals surface area contributed by atoms with Gasteiger partial charge in [0, 0.05) is 13.5 Å². The minimum absolute atomic E-state index is 0.0487. The predicted molar refractivity (Wildman–Crippen MR) is 54.4 cm³/mol. The van der Waals surface area contributed by atoms with E-state index in [0.29, 0.717) is 6.61 Å². The van der Waals surface area contributed by atoms with Crippen molar-refractivity contribution in [3.05, 3.63) is 29.8 Å². The van der Waals surface area contributed by atoms with Crippen molar-refractivity contribution in [1.82, 2.24) is 0 Å². The Morgan fingerprint density at radius 2 is 2.36 bits per heavy atom. The molecule has 0 fully saturated rings. The van der Waals surface area contributed by atoms with Crippen LogP contribution in [-0.2, 0) is 11.2 Å². The lowest BCUT2D eigenvalue weighted by molar-refractivity contribution is 0.115. The van der Waals surface area contributed by atoms with Crippen molar-refractivity contribution >= 4 is 0 Å². The minimum atomic E-state index is -0.0487. The zero-order chi connectivity index (χ0) is 9.97. The van der Waals surface area contributed by atoms with E-state index in [9.17, 15) is 0 Å². The van der Waals surface area contributed by atoms with Gasteiger partial charge in [-0.25, -0.2) is 0 Å². The standard InChI is InChI=1S/C11H15NO2/c1-13-7-9(12)11-6-8-4-2-3-5-10(8)14-11/h2-5,9,11H,6-7,12H2,1H3. The van der Waals surface area contributed by atoms with Crippen molar-refractivity contribution in [1.29, 1.82) is 0 Å². The van der Waals surface area contributed by atoms with Crippen LogP contribution >= 0.6 is 0 Å². The zero-order valence-corrected chi connectivity index (χ0v) is 8.27. The van der Waals surface area contributed by atoms with E-state index >= 15 is 0 Å². The predicted octanol–water partition coefficient (Wildman–Crippen LogP) is 0.964. The first-order valence-electron chi connectivity index (χ1n) is 4.80. The molecule has 0 aromatic heterocycles. The molecule has 1 aliphatic rings. The zero-order valence-electron chi connectivity index (χ0n) is 8.27. The van der Waals surface area contributed by atoms with Crippen LogP contribution in [0.5, 0.6) is 5.75 Å². The Hall–Kier alpha value is -1.06. The maximum atomic E-state index is 5.92. The van der Waals surface area contributed by atoms with E-state index in [-0.39, 0.29) is 12.1 Å². The molecule has 1 aliphatic heterocycles. The largest absolute Gasteiger partial charge is 0.488 e. The fourth-order valence-corrected chi connectivity index (χ4v) is 1.75. The smallest absolute Gasteiger partial charge is 0.123 e. The van der Waals surface area contributed by atoms with E-state index in [1.807, 2.05) is 18.2 Å². The van der Waals surface area contributed by atoms with E-state index < -0.39 is 0 Å². The normalized spacial score (nSPS) is 21.4. The minimum Gasteiger partial charge on any atom is -0.488 e. The summed E-state index contributed by atoms with van der Waals surface area (Å²) in [5.74, 6) is 0.962. The molecule has 0 amide bonds. The van der Waals surface area contributed by atoms with Gasteiger partial charge in [-0.15, -0.1) is 0 Å². The van der Waals surface area contributed by atoms with Gasteiger partial charge in [-0.2, -0.15) is 0 Å². The molecule has 0 saturated heterocycles. The molecule has 76 valence electrons. The quantitative estimate of drug-likeness (QED) is 0.777. The highest BCUT2D eigenvalue weighted by Gasteiger charge is 2.27. The Labute approximate surface area is 83.8 Å². The molecule has 2 atom stereocenters. The number of nitrogens with two attached hydrogens (primary N) is 1. The molecule has 1 aromatic carbocycles. The van der Waals surface area contributed by atoms with Crippen LogP contribution in [0, 0.1) is 0 Å². The molecule has 2 N–H and O–H groups in total. The molecule has 0 aliphatic carbocycles. The highest BCUT2D eigenvalue weighted by atomic mass is 16.5. The number of hydrogen-bond acceptors (Lipinski definition) is 3. The molecular formula is C11H15NO2. The van der Waals surface area contributed by atoms with Crippen LogP contribution in [0.4, 0.5) is 0 Å². The highest BCUT2D eigenvalue weighted by molar-refractivity contribution is 5.37. The van der Waals surface area contributed by atoms with Crippen LogP contribution in [0.1, 0.15) is 5.56 Å². The van der Waals surface area contributed by atoms with Crippen LogP contribution in [-0.4, -0.2) is 25.9 Å². The van der Waals surface area contributed by atoms with Crippen molar-refractivity contribution < 1.29 is 9.47 Å². The Kier molecular flexibility index (Phi) is 2.70. The average molecular weight is 193 g/mol. The van der Waals surface area contributed by atoms with Gasteiger partial charge < -0.3 is 15.2 Å². The molecule has 2 rings (SSSR count). The second kappa shape index (κ2) is 3.98. The second-order valence-corrected chi connectivity index (χ2v) is 3.59. The van der Waals surface area contributed by atoms with Gasteiger partial charge in [0.25, 0.3) is 0 Å². The number of hydrogen-bond donors (Lipinski definition) is 1. The topological polar surface area (TPSA) is 44.5 Å². The Morgan fingerprint density at radius 1 is 1.57 bits per heavy atom. The maximum Gasteiger partial charge on any atom is 0.123 e. The van der Waals surface area contributed by atoms with Gasteiger partial charge in [-0.05, 0) is 11.6 Å². The average Bonchev–Trinajstić information content (AvgIpc) is 2.61. The summed E-state index contributed by atoms with van der Waals surface area (Å²) in [6.07, 6.45) is 0.952. The van der Waals surface area contributed by atoms with Crippen LogP contribution in [0.2, 0.25) is 0 Å². The summed E-state index contributed by atoms with van der Waals surface area (Å²) in [4.78, 5) is 0. The Bertz CT molecular complexity index is 289. The van der Waals surface area contributed by atoms with Crippen molar-refractivity contribution in [3.8, 4) is 5.75 Å². The fourth-order valence-electron chi connectivity index (χ4n) is 1.75. The van der Waals surface area contributed by atoms with E-state index in [0.717, 1.165) is 12.2 Å². The molecular weight excluding hydrogens is 178 g/mol. The van der Waals surface area contributed by atoms with Crippen LogP contribution in [0.25, 0.3) is 0 Å². The first kappa shape index (κ1) is 9.49. The van der Waals surface area contributed by atoms with E-state index in [4.69, 9.17) is 15.2 Å². The molecule has 0 radical (unpaired) electrons. The highest BCUT2D eigenvalue weighted by Crippen LogP contribution is 2.28. The molecule has 0 bridgehead atoms. The van der Waals surface area contributed by atoms with Gasteiger partial charge in [0.1, 0.15) is 11.9 Å². The molecule has 3 nitrogen and oxygen atoms in total. The van der Waals surface area contributed by atoms with Crippen molar-refractivity contribution in [2.45, 2.75) is 18.6 Å². The van der Waals surface area contributed by atoms with Gasteiger partial charge in [0.15, 0.2) is 0 Å². The third-order valence-electron chi connectivity index (χ3n) is 2.51. The summed E-state index contributed by atoms with van der Waals surface area (Å²) in [6, 6.07) is 8.01. The molecule has 1 aromatic rings. The van der Waals surface area contributed by atoms with Crippen molar-refractivity contribution in [2.24, 2.45) is 5.73 Å². The molecule has 0 spiro atoms. The monoisotopic (exact) mass is 193 g/mol. The Balaban J connectivity index is 2.04. The summed E-state index contributed by atoms with van der Waals surface area (Å²) >= 11 is 0. The first-order chi connectivity index (χ1) is 6.81.